The van der Waals surface area contributed by atoms with Gasteiger partial charge in [0.25, 0.3) is 5.56 Å². The van der Waals surface area contributed by atoms with E-state index in [9.17, 15) is 19.2 Å². The van der Waals surface area contributed by atoms with Crippen LogP contribution in [0.5, 0.6) is 0 Å². The summed E-state index contributed by atoms with van der Waals surface area (Å²) < 4.78 is 7.48. The van der Waals surface area contributed by atoms with Crippen molar-refractivity contribution in [1.82, 2.24) is 23.9 Å². The fourth-order valence-corrected chi connectivity index (χ4v) is 4.07. The Bertz CT molecular complexity index is 1290. The summed E-state index contributed by atoms with van der Waals surface area (Å²) in [5.74, 6) is -0.260. The molecule has 0 aliphatic carbocycles. The summed E-state index contributed by atoms with van der Waals surface area (Å²) in [5.41, 5.74) is 0.460. The highest BCUT2D eigenvalue weighted by molar-refractivity contribution is 5.80. The van der Waals surface area contributed by atoms with Crippen molar-refractivity contribution >= 4 is 23.0 Å². The van der Waals surface area contributed by atoms with Crippen molar-refractivity contribution in [2.24, 2.45) is 0 Å². The topological polar surface area (TPSA) is 107 Å². The second-order valence-electron chi connectivity index (χ2n) is 8.00. The van der Waals surface area contributed by atoms with Crippen LogP contribution in [0.2, 0.25) is 0 Å². The third-order valence-electron chi connectivity index (χ3n) is 5.91. The molecular weight excluding hydrogens is 438 g/mol. The molecule has 0 bridgehead atoms. The molecule has 3 aromatic rings. The van der Waals surface area contributed by atoms with Crippen molar-refractivity contribution in [2.45, 2.75) is 26.4 Å². The number of ether oxygens (including phenoxy) is 1. The zero-order valence-electron chi connectivity index (χ0n) is 19.1. The van der Waals surface area contributed by atoms with Crippen LogP contribution in [0.25, 0.3) is 11.0 Å². The first-order valence-electron chi connectivity index (χ1n) is 11.3. The maximum atomic E-state index is 13.3. The molecule has 1 aromatic carbocycles. The third-order valence-corrected chi connectivity index (χ3v) is 5.91. The first-order valence-corrected chi connectivity index (χ1v) is 11.3. The van der Waals surface area contributed by atoms with E-state index in [4.69, 9.17) is 4.74 Å². The van der Waals surface area contributed by atoms with E-state index in [1.165, 1.54) is 10.8 Å². The Balaban J connectivity index is 1.57. The van der Waals surface area contributed by atoms with Crippen LogP contribution < -0.4 is 11.2 Å². The molecule has 1 aliphatic heterocycles. The standard InChI is InChI=1S/C24H27N5O5/c1-2-34-24(33)27-15-13-26(14-16-27)20(30)17-29-19-9-6-11-25-21(19)22(31)28(23(29)32)12-10-18-7-4-3-5-8-18/h3-9,11H,2,10,12-17H2,1H3. The Morgan fingerprint density at radius 3 is 2.35 bits per heavy atom. The normalized spacial score (nSPS) is 13.8. The number of pyridine rings is 1. The number of amides is 2. The van der Waals surface area contributed by atoms with Crippen molar-refractivity contribution in [3.8, 4) is 0 Å². The van der Waals surface area contributed by atoms with Crippen LogP contribution in [0.1, 0.15) is 12.5 Å². The molecule has 178 valence electrons. The van der Waals surface area contributed by atoms with Gasteiger partial charge in [-0.2, -0.15) is 0 Å². The Kier molecular flexibility index (Phi) is 7.05. The second-order valence-corrected chi connectivity index (χ2v) is 8.00. The predicted molar refractivity (Wildman–Crippen MR) is 126 cm³/mol. The molecule has 2 aromatic heterocycles. The SMILES string of the molecule is CCOC(=O)N1CCN(C(=O)Cn2c(=O)n(CCc3ccccc3)c(=O)c3ncccc32)CC1. The van der Waals surface area contributed by atoms with Gasteiger partial charge in [0.2, 0.25) is 5.91 Å². The lowest BCUT2D eigenvalue weighted by molar-refractivity contribution is -0.133. The van der Waals surface area contributed by atoms with E-state index in [-0.39, 0.29) is 24.5 Å². The number of fused-ring (bicyclic) bond motifs is 1. The van der Waals surface area contributed by atoms with Gasteiger partial charge in [-0.05, 0) is 31.0 Å². The highest BCUT2D eigenvalue weighted by atomic mass is 16.6. The van der Waals surface area contributed by atoms with Gasteiger partial charge in [-0.15, -0.1) is 0 Å². The highest BCUT2D eigenvalue weighted by Crippen LogP contribution is 2.09. The van der Waals surface area contributed by atoms with E-state index in [0.29, 0.717) is 44.7 Å². The number of aryl methyl sites for hydroxylation is 1. The second kappa shape index (κ2) is 10.3. The third kappa shape index (κ3) is 4.85. The largest absolute Gasteiger partial charge is 0.450 e. The fourth-order valence-electron chi connectivity index (χ4n) is 4.07. The lowest BCUT2D eigenvalue weighted by Gasteiger charge is -2.34. The minimum atomic E-state index is -0.542. The van der Waals surface area contributed by atoms with Crippen molar-refractivity contribution in [1.29, 1.82) is 0 Å². The lowest BCUT2D eigenvalue weighted by atomic mass is 10.1. The number of rotatable bonds is 6. The first-order chi connectivity index (χ1) is 16.5. The van der Waals surface area contributed by atoms with Gasteiger partial charge in [0.15, 0.2) is 5.52 Å². The van der Waals surface area contributed by atoms with Crippen molar-refractivity contribution < 1.29 is 14.3 Å². The van der Waals surface area contributed by atoms with Gasteiger partial charge in [0.1, 0.15) is 6.54 Å². The number of piperazine rings is 1. The van der Waals surface area contributed by atoms with E-state index in [1.807, 2.05) is 30.3 Å². The summed E-state index contributed by atoms with van der Waals surface area (Å²) in [6, 6.07) is 12.8. The molecule has 1 aliphatic rings. The number of hydrogen-bond donors (Lipinski definition) is 0. The Labute approximate surface area is 196 Å². The van der Waals surface area contributed by atoms with Gasteiger partial charge in [0.05, 0.1) is 12.1 Å². The van der Waals surface area contributed by atoms with Gasteiger partial charge < -0.3 is 14.5 Å². The molecule has 10 nitrogen and oxygen atoms in total. The Morgan fingerprint density at radius 2 is 1.65 bits per heavy atom. The number of hydrogen-bond acceptors (Lipinski definition) is 6. The van der Waals surface area contributed by atoms with Crippen molar-refractivity contribution in [2.75, 3.05) is 32.8 Å². The molecule has 2 amide bonds. The highest BCUT2D eigenvalue weighted by Gasteiger charge is 2.26. The van der Waals surface area contributed by atoms with E-state index in [1.54, 1.807) is 28.9 Å². The van der Waals surface area contributed by atoms with Gasteiger partial charge in [-0.1, -0.05) is 30.3 Å². The number of carbonyl (C=O) groups excluding carboxylic acids is 2. The van der Waals surface area contributed by atoms with Crippen LogP contribution in [0.4, 0.5) is 4.79 Å². The summed E-state index contributed by atoms with van der Waals surface area (Å²) in [5, 5.41) is 0. The van der Waals surface area contributed by atoms with E-state index >= 15 is 0 Å². The van der Waals surface area contributed by atoms with Crippen LogP contribution in [0.3, 0.4) is 0 Å². The maximum absolute atomic E-state index is 13.3. The molecule has 3 heterocycles. The molecule has 1 fully saturated rings. The molecule has 0 atom stereocenters. The molecule has 0 N–H and O–H groups in total. The smallest absolute Gasteiger partial charge is 0.409 e. The summed E-state index contributed by atoms with van der Waals surface area (Å²) in [7, 11) is 0. The van der Waals surface area contributed by atoms with Crippen LogP contribution >= 0.6 is 0 Å². The maximum Gasteiger partial charge on any atom is 0.409 e. The monoisotopic (exact) mass is 465 g/mol. The van der Waals surface area contributed by atoms with Gasteiger partial charge in [0, 0.05) is 38.9 Å². The quantitative estimate of drug-likeness (QED) is 0.540. The fraction of sp³-hybridized carbons (Fsp3) is 0.375. The minimum Gasteiger partial charge on any atom is -0.450 e. The van der Waals surface area contributed by atoms with Crippen LogP contribution in [-0.4, -0.2) is 68.7 Å². The molecular formula is C24H27N5O5. The van der Waals surface area contributed by atoms with Crippen LogP contribution in [-0.2, 0) is 29.0 Å². The molecule has 34 heavy (non-hydrogen) atoms. The van der Waals surface area contributed by atoms with Crippen LogP contribution in [0.15, 0.2) is 58.3 Å². The van der Waals surface area contributed by atoms with E-state index in [2.05, 4.69) is 4.98 Å². The number of nitrogens with zero attached hydrogens (tertiary/aromatic N) is 5. The number of benzene rings is 1. The number of carbonyl (C=O) groups is 2. The Hall–Kier alpha value is -3.95. The predicted octanol–water partition coefficient (Wildman–Crippen LogP) is 1.10. The average molecular weight is 466 g/mol. The summed E-state index contributed by atoms with van der Waals surface area (Å²) >= 11 is 0. The summed E-state index contributed by atoms with van der Waals surface area (Å²) in [6.45, 7) is 3.41. The van der Waals surface area contributed by atoms with Gasteiger partial charge in [-0.3, -0.25) is 18.7 Å². The molecule has 10 heteroatoms. The van der Waals surface area contributed by atoms with E-state index < -0.39 is 17.3 Å². The molecule has 0 unspecified atom stereocenters. The lowest BCUT2D eigenvalue weighted by Crippen LogP contribution is -2.52. The molecule has 0 radical (unpaired) electrons. The first kappa shape index (κ1) is 23.2. The zero-order chi connectivity index (χ0) is 24.1. The average Bonchev–Trinajstić information content (AvgIpc) is 2.87. The molecule has 1 saturated heterocycles. The van der Waals surface area contributed by atoms with Crippen molar-refractivity contribution in [3.05, 3.63) is 75.1 Å². The molecule has 0 spiro atoms. The summed E-state index contributed by atoms with van der Waals surface area (Å²) in [4.78, 5) is 58.7. The van der Waals surface area contributed by atoms with Gasteiger partial charge in [-0.25, -0.2) is 14.6 Å². The molecule has 4 rings (SSSR count). The summed E-state index contributed by atoms with van der Waals surface area (Å²) in [6.07, 6.45) is 1.60. The van der Waals surface area contributed by atoms with Crippen LogP contribution in [0, 0.1) is 0 Å². The van der Waals surface area contributed by atoms with Crippen molar-refractivity contribution in [3.63, 3.8) is 0 Å². The Morgan fingerprint density at radius 1 is 0.941 bits per heavy atom. The number of aromatic nitrogens is 3. The zero-order valence-corrected chi connectivity index (χ0v) is 19.1. The van der Waals surface area contributed by atoms with E-state index in [0.717, 1.165) is 10.1 Å². The molecule has 0 saturated carbocycles. The minimum absolute atomic E-state index is 0.148. The van der Waals surface area contributed by atoms with Gasteiger partial charge >= 0.3 is 11.8 Å².